The molecule has 0 aromatic heterocycles. The summed E-state index contributed by atoms with van der Waals surface area (Å²) in [6, 6.07) is 9.84. The average Bonchev–Trinajstić information content (AvgIpc) is 2.82. The van der Waals surface area contributed by atoms with E-state index < -0.39 is 4.84 Å². The molecule has 1 aromatic rings. The Bertz CT molecular complexity index is 411. The molecule has 1 aromatic carbocycles. The summed E-state index contributed by atoms with van der Waals surface area (Å²) in [6.07, 6.45) is 0.366. The summed E-state index contributed by atoms with van der Waals surface area (Å²) in [5, 5.41) is 0. The molecule has 0 N–H and O–H groups in total. The molecule has 18 heavy (non-hydrogen) atoms. The van der Waals surface area contributed by atoms with Gasteiger partial charge in [0.05, 0.1) is 6.54 Å². The Morgan fingerprint density at radius 2 is 2.11 bits per heavy atom. The van der Waals surface area contributed by atoms with Crippen molar-refractivity contribution in [2.45, 2.75) is 30.5 Å². The van der Waals surface area contributed by atoms with Crippen LogP contribution in [0.4, 0.5) is 0 Å². The fourth-order valence-corrected chi connectivity index (χ4v) is 2.38. The van der Waals surface area contributed by atoms with Crippen LogP contribution in [-0.2, 0) is 9.53 Å². The van der Waals surface area contributed by atoms with Crippen LogP contribution in [0.15, 0.2) is 30.3 Å². The highest BCUT2D eigenvalue weighted by Gasteiger charge is 2.37. The maximum Gasteiger partial charge on any atom is 0.258 e. The van der Waals surface area contributed by atoms with Gasteiger partial charge in [-0.15, -0.1) is 0 Å². The highest BCUT2D eigenvalue weighted by molar-refractivity contribution is 6.53. The minimum absolute atomic E-state index is 0.104. The first-order valence-corrected chi connectivity index (χ1v) is 6.79. The zero-order chi connectivity index (χ0) is 13.1. The number of hydrogen-bond acceptors (Lipinski definition) is 2. The van der Waals surface area contributed by atoms with E-state index in [1.54, 1.807) is 4.90 Å². The Kier molecular flexibility index (Phi) is 4.49. The zero-order valence-electron chi connectivity index (χ0n) is 10.1. The van der Waals surface area contributed by atoms with E-state index in [-0.39, 0.29) is 18.2 Å². The molecule has 98 valence electrons. The number of benzene rings is 1. The second-order valence-corrected chi connectivity index (χ2v) is 5.29. The minimum atomic E-state index is -1.03. The van der Waals surface area contributed by atoms with Crippen LogP contribution in [-0.4, -0.2) is 28.4 Å². The van der Waals surface area contributed by atoms with Crippen LogP contribution in [0.3, 0.4) is 0 Å². The molecular weight excluding hydrogens is 273 g/mol. The molecule has 2 rings (SSSR count). The molecule has 2 unspecified atom stereocenters. The van der Waals surface area contributed by atoms with Crippen LogP contribution < -0.4 is 0 Å². The number of ether oxygens (including phenoxy) is 1. The SMILES string of the molecule is CCC1OC(c2ccccc2)CN1C(=O)C(Cl)Cl. The Labute approximate surface area is 117 Å². The zero-order valence-corrected chi connectivity index (χ0v) is 11.6. The van der Waals surface area contributed by atoms with Crippen molar-refractivity contribution in [1.82, 2.24) is 4.90 Å². The molecule has 1 aliphatic rings. The maximum absolute atomic E-state index is 11.9. The van der Waals surface area contributed by atoms with Crippen molar-refractivity contribution in [3.05, 3.63) is 35.9 Å². The van der Waals surface area contributed by atoms with Crippen LogP contribution >= 0.6 is 23.2 Å². The van der Waals surface area contributed by atoms with Crippen molar-refractivity contribution in [2.24, 2.45) is 0 Å². The molecule has 2 atom stereocenters. The van der Waals surface area contributed by atoms with E-state index in [0.29, 0.717) is 6.54 Å². The van der Waals surface area contributed by atoms with Gasteiger partial charge >= 0.3 is 0 Å². The third-order valence-corrected chi connectivity index (χ3v) is 3.40. The van der Waals surface area contributed by atoms with Crippen molar-refractivity contribution in [1.29, 1.82) is 0 Å². The first kappa shape index (κ1) is 13.7. The van der Waals surface area contributed by atoms with Gasteiger partial charge in [0.2, 0.25) is 0 Å². The van der Waals surface area contributed by atoms with Crippen LogP contribution in [0.5, 0.6) is 0 Å². The first-order valence-electron chi connectivity index (χ1n) is 5.92. The van der Waals surface area contributed by atoms with E-state index in [1.807, 2.05) is 37.3 Å². The topological polar surface area (TPSA) is 29.5 Å². The monoisotopic (exact) mass is 287 g/mol. The van der Waals surface area contributed by atoms with Gasteiger partial charge in [0.25, 0.3) is 5.91 Å². The lowest BCUT2D eigenvalue weighted by Gasteiger charge is -2.21. The van der Waals surface area contributed by atoms with Crippen molar-refractivity contribution in [3.8, 4) is 0 Å². The number of amides is 1. The lowest BCUT2D eigenvalue weighted by atomic mass is 10.1. The van der Waals surface area contributed by atoms with Crippen molar-refractivity contribution >= 4 is 29.1 Å². The maximum atomic E-state index is 11.9. The molecule has 0 radical (unpaired) electrons. The smallest absolute Gasteiger partial charge is 0.258 e. The Morgan fingerprint density at radius 3 is 2.67 bits per heavy atom. The number of hydrogen-bond donors (Lipinski definition) is 0. The van der Waals surface area contributed by atoms with Gasteiger partial charge in [-0.25, -0.2) is 0 Å². The molecule has 1 heterocycles. The second kappa shape index (κ2) is 5.91. The van der Waals surface area contributed by atoms with Crippen LogP contribution in [0.25, 0.3) is 0 Å². The normalized spacial score (nSPS) is 23.7. The molecule has 1 fully saturated rings. The molecular formula is C13H15Cl2NO2. The van der Waals surface area contributed by atoms with E-state index >= 15 is 0 Å². The largest absolute Gasteiger partial charge is 0.349 e. The summed E-state index contributed by atoms with van der Waals surface area (Å²) in [5.74, 6) is -0.288. The molecule has 0 bridgehead atoms. The summed E-state index contributed by atoms with van der Waals surface area (Å²) < 4.78 is 5.87. The molecule has 5 heteroatoms. The summed E-state index contributed by atoms with van der Waals surface area (Å²) in [5.41, 5.74) is 1.06. The van der Waals surface area contributed by atoms with Crippen LogP contribution in [0.1, 0.15) is 25.0 Å². The third kappa shape index (κ3) is 2.79. The number of carbonyl (C=O) groups excluding carboxylic acids is 1. The van der Waals surface area contributed by atoms with E-state index in [2.05, 4.69) is 0 Å². The average molecular weight is 288 g/mol. The van der Waals surface area contributed by atoms with Gasteiger partial charge in [0.1, 0.15) is 12.3 Å². The van der Waals surface area contributed by atoms with Crippen LogP contribution in [0.2, 0.25) is 0 Å². The summed E-state index contributed by atoms with van der Waals surface area (Å²) >= 11 is 11.3. The van der Waals surface area contributed by atoms with E-state index in [9.17, 15) is 4.79 Å². The third-order valence-electron chi connectivity index (χ3n) is 3.02. The Balaban J connectivity index is 2.13. The van der Waals surface area contributed by atoms with Gasteiger partial charge < -0.3 is 9.64 Å². The number of halogens is 2. The van der Waals surface area contributed by atoms with Gasteiger partial charge in [-0.2, -0.15) is 0 Å². The lowest BCUT2D eigenvalue weighted by molar-refractivity contribution is -0.134. The molecule has 1 amide bonds. The van der Waals surface area contributed by atoms with Crippen LogP contribution in [0, 0.1) is 0 Å². The van der Waals surface area contributed by atoms with Crippen molar-refractivity contribution < 1.29 is 9.53 Å². The van der Waals surface area contributed by atoms with Crippen molar-refractivity contribution in [3.63, 3.8) is 0 Å². The fourth-order valence-electron chi connectivity index (χ4n) is 2.13. The number of carbonyl (C=O) groups is 1. The Morgan fingerprint density at radius 1 is 1.44 bits per heavy atom. The van der Waals surface area contributed by atoms with Gasteiger partial charge in [-0.05, 0) is 12.0 Å². The Hall–Kier alpha value is -0.770. The molecule has 1 aliphatic heterocycles. The fraction of sp³-hybridized carbons (Fsp3) is 0.462. The molecule has 0 aliphatic carbocycles. The van der Waals surface area contributed by atoms with Gasteiger partial charge in [-0.1, -0.05) is 60.5 Å². The standard InChI is InChI=1S/C13H15Cl2NO2/c1-2-11-16(13(17)12(14)15)8-10(18-11)9-6-4-3-5-7-9/h3-7,10-12H,2,8H2,1H3. The minimum Gasteiger partial charge on any atom is -0.349 e. The van der Waals surface area contributed by atoms with Crippen molar-refractivity contribution in [2.75, 3.05) is 6.54 Å². The van der Waals surface area contributed by atoms with E-state index in [1.165, 1.54) is 0 Å². The highest BCUT2D eigenvalue weighted by atomic mass is 35.5. The van der Waals surface area contributed by atoms with Gasteiger partial charge in [-0.3, -0.25) is 4.79 Å². The summed E-state index contributed by atoms with van der Waals surface area (Å²) in [4.78, 5) is 12.5. The summed E-state index contributed by atoms with van der Waals surface area (Å²) in [7, 11) is 0. The quantitative estimate of drug-likeness (QED) is 0.800. The number of alkyl halides is 2. The molecule has 3 nitrogen and oxygen atoms in total. The predicted octanol–water partition coefficient (Wildman–Crippen LogP) is 3.13. The number of nitrogens with zero attached hydrogens (tertiary/aromatic N) is 1. The number of rotatable bonds is 3. The summed E-state index contributed by atoms with van der Waals surface area (Å²) in [6.45, 7) is 2.47. The highest BCUT2D eigenvalue weighted by Crippen LogP contribution is 2.31. The van der Waals surface area contributed by atoms with Gasteiger partial charge in [0, 0.05) is 0 Å². The van der Waals surface area contributed by atoms with E-state index in [4.69, 9.17) is 27.9 Å². The van der Waals surface area contributed by atoms with E-state index in [0.717, 1.165) is 12.0 Å². The molecule has 0 spiro atoms. The first-order chi connectivity index (χ1) is 8.63. The molecule has 1 saturated heterocycles. The lowest BCUT2D eigenvalue weighted by Crippen LogP contribution is -2.38. The second-order valence-electron chi connectivity index (χ2n) is 4.19. The predicted molar refractivity (Wildman–Crippen MR) is 71.6 cm³/mol. The van der Waals surface area contributed by atoms with Gasteiger partial charge in [0.15, 0.2) is 4.84 Å². The molecule has 0 saturated carbocycles.